The minimum absolute atomic E-state index is 0.0883. The van der Waals surface area contributed by atoms with Crippen molar-refractivity contribution < 1.29 is 20.4 Å². The van der Waals surface area contributed by atoms with Crippen molar-refractivity contribution >= 4 is 0 Å². The zero-order chi connectivity index (χ0) is 11.6. The first-order chi connectivity index (χ1) is 6.19. The molecule has 86 valence electrons. The third-order valence-corrected chi connectivity index (χ3v) is 2.73. The van der Waals surface area contributed by atoms with Gasteiger partial charge in [-0.05, 0) is 19.8 Å². The maximum atomic E-state index is 9.64. The van der Waals surface area contributed by atoms with E-state index < -0.39 is 23.5 Å². The van der Waals surface area contributed by atoms with Gasteiger partial charge in [0.2, 0.25) is 0 Å². The van der Waals surface area contributed by atoms with Gasteiger partial charge < -0.3 is 26.2 Å². The fourth-order valence-electron chi connectivity index (χ4n) is 1.03. The van der Waals surface area contributed by atoms with E-state index in [-0.39, 0.29) is 12.8 Å². The maximum absolute atomic E-state index is 9.64. The molecule has 0 bridgehead atoms. The lowest BCUT2D eigenvalue weighted by atomic mass is 9.87. The van der Waals surface area contributed by atoms with Gasteiger partial charge >= 0.3 is 0 Å². The molecular weight excluding hydrogens is 186 g/mol. The lowest BCUT2D eigenvalue weighted by molar-refractivity contribution is -0.180. The summed E-state index contributed by atoms with van der Waals surface area (Å²) in [5, 5.41) is 38.2. The fourth-order valence-corrected chi connectivity index (χ4v) is 1.03. The normalized spacial score (nSPS) is 24.9. The molecule has 0 saturated heterocycles. The highest BCUT2D eigenvalue weighted by Gasteiger charge is 2.42. The Labute approximate surface area is 84.2 Å². The van der Waals surface area contributed by atoms with E-state index >= 15 is 0 Å². The molecule has 0 aliphatic rings. The minimum atomic E-state index is -1.88. The molecule has 0 rings (SSSR count). The number of hydrogen-bond acceptors (Lipinski definition) is 5. The van der Waals surface area contributed by atoms with Crippen LogP contribution in [0, 0.1) is 0 Å². The van der Waals surface area contributed by atoms with Crippen LogP contribution in [-0.2, 0) is 0 Å². The van der Waals surface area contributed by atoms with Gasteiger partial charge in [0.05, 0.1) is 5.60 Å². The molecule has 0 heterocycles. The summed E-state index contributed by atoms with van der Waals surface area (Å²) in [5.74, 6) is 0. The summed E-state index contributed by atoms with van der Waals surface area (Å²) in [7, 11) is 0. The van der Waals surface area contributed by atoms with Gasteiger partial charge in [-0.15, -0.1) is 0 Å². The van der Waals surface area contributed by atoms with E-state index in [1.54, 1.807) is 13.8 Å². The third kappa shape index (κ3) is 2.90. The topological polar surface area (TPSA) is 107 Å². The highest BCUT2D eigenvalue weighted by molar-refractivity contribution is 4.93. The maximum Gasteiger partial charge on any atom is 0.142 e. The number of hydrogen-bond donors (Lipinski definition) is 5. The zero-order valence-corrected chi connectivity index (χ0v) is 8.94. The second kappa shape index (κ2) is 4.55. The summed E-state index contributed by atoms with van der Waals surface area (Å²) in [6, 6.07) is 0. The molecule has 14 heavy (non-hydrogen) atoms. The summed E-state index contributed by atoms with van der Waals surface area (Å²) < 4.78 is 0. The van der Waals surface area contributed by atoms with Crippen LogP contribution >= 0.6 is 0 Å². The van der Waals surface area contributed by atoms with Crippen molar-refractivity contribution in [2.24, 2.45) is 5.73 Å². The number of aliphatic hydroxyl groups is 4. The van der Waals surface area contributed by atoms with Gasteiger partial charge in [0.15, 0.2) is 0 Å². The van der Waals surface area contributed by atoms with Gasteiger partial charge in [-0.2, -0.15) is 0 Å². The van der Waals surface area contributed by atoms with Crippen molar-refractivity contribution in [3.05, 3.63) is 0 Å². The number of nitrogens with two attached hydrogens (primary N) is 1. The first-order valence-corrected chi connectivity index (χ1v) is 4.78. The van der Waals surface area contributed by atoms with Crippen LogP contribution < -0.4 is 5.73 Å². The molecule has 0 fully saturated rings. The molecule has 0 aromatic heterocycles. The Balaban J connectivity index is 4.62. The highest BCUT2D eigenvalue weighted by atomic mass is 16.4. The van der Waals surface area contributed by atoms with Crippen LogP contribution in [0.5, 0.6) is 0 Å². The van der Waals surface area contributed by atoms with E-state index in [9.17, 15) is 20.4 Å². The van der Waals surface area contributed by atoms with Gasteiger partial charge in [0.1, 0.15) is 17.9 Å². The van der Waals surface area contributed by atoms with E-state index in [1.807, 2.05) is 0 Å². The van der Waals surface area contributed by atoms with Gasteiger partial charge in [-0.1, -0.05) is 13.8 Å². The summed E-state index contributed by atoms with van der Waals surface area (Å²) in [6.45, 7) is 4.63. The molecule has 0 saturated carbocycles. The first kappa shape index (κ1) is 13.8. The molecule has 0 aromatic rings. The van der Waals surface area contributed by atoms with Crippen molar-refractivity contribution in [2.75, 3.05) is 0 Å². The Morgan fingerprint density at radius 2 is 1.50 bits per heavy atom. The summed E-state index contributed by atoms with van der Waals surface area (Å²) >= 11 is 0. The Morgan fingerprint density at radius 3 is 1.79 bits per heavy atom. The van der Waals surface area contributed by atoms with E-state index in [4.69, 9.17) is 5.73 Å². The second-order valence-corrected chi connectivity index (χ2v) is 3.95. The molecule has 4 atom stereocenters. The van der Waals surface area contributed by atoms with Gasteiger partial charge in [0.25, 0.3) is 0 Å². The van der Waals surface area contributed by atoms with Crippen LogP contribution in [-0.4, -0.2) is 44.0 Å². The van der Waals surface area contributed by atoms with Crippen molar-refractivity contribution in [3.8, 4) is 0 Å². The van der Waals surface area contributed by atoms with Gasteiger partial charge in [-0.25, -0.2) is 0 Å². The van der Waals surface area contributed by atoms with Crippen molar-refractivity contribution in [2.45, 2.75) is 57.1 Å². The molecule has 0 spiro atoms. The van der Waals surface area contributed by atoms with Crippen molar-refractivity contribution in [1.29, 1.82) is 0 Å². The van der Waals surface area contributed by atoms with E-state index in [1.165, 1.54) is 6.92 Å². The van der Waals surface area contributed by atoms with Crippen LogP contribution in [0.4, 0.5) is 0 Å². The SMILES string of the molecule is CCC(C)(O)C(O)C(O)C(N)(O)CC. The predicted molar refractivity (Wildman–Crippen MR) is 52.4 cm³/mol. The van der Waals surface area contributed by atoms with E-state index in [2.05, 4.69) is 0 Å². The molecule has 0 amide bonds. The quantitative estimate of drug-likeness (QED) is 0.369. The monoisotopic (exact) mass is 207 g/mol. The Morgan fingerprint density at radius 1 is 1.07 bits per heavy atom. The Kier molecular flexibility index (Phi) is 4.48. The van der Waals surface area contributed by atoms with Crippen LogP contribution in [0.2, 0.25) is 0 Å². The van der Waals surface area contributed by atoms with Crippen LogP contribution in [0.25, 0.3) is 0 Å². The lowest BCUT2D eigenvalue weighted by Crippen LogP contribution is -2.61. The van der Waals surface area contributed by atoms with E-state index in [0.717, 1.165) is 0 Å². The highest BCUT2D eigenvalue weighted by Crippen LogP contribution is 2.22. The molecule has 0 aliphatic carbocycles. The van der Waals surface area contributed by atoms with Crippen LogP contribution in [0.15, 0.2) is 0 Å². The average molecular weight is 207 g/mol. The number of rotatable bonds is 5. The molecule has 5 nitrogen and oxygen atoms in total. The molecule has 0 radical (unpaired) electrons. The smallest absolute Gasteiger partial charge is 0.142 e. The molecule has 0 aliphatic heterocycles. The molecule has 4 unspecified atom stereocenters. The van der Waals surface area contributed by atoms with E-state index in [0.29, 0.717) is 0 Å². The van der Waals surface area contributed by atoms with Crippen molar-refractivity contribution in [3.63, 3.8) is 0 Å². The molecule has 0 aromatic carbocycles. The predicted octanol–water partition coefficient (Wildman–Crippen LogP) is -1.07. The third-order valence-electron chi connectivity index (χ3n) is 2.73. The largest absolute Gasteiger partial charge is 0.387 e. The molecular formula is C9H21NO4. The summed E-state index contributed by atoms with van der Waals surface area (Å²) in [5.41, 5.74) is 2.01. The molecule has 6 N–H and O–H groups in total. The molecule has 5 heteroatoms. The van der Waals surface area contributed by atoms with Crippen molar-refractivity contribution in [1.82, 2.24) is 0 Å². The summed E-state index contributed by atoms with van der Waals surface area (Å²) in [6.07, 6.45) is -2.69. The van der Waals surface area contributed by atoms with Gasteiger partial charge in [-0.3, -0.25) is 0 Å². The second-order valence-electron chi connectivity index (χ2n) is 3.95. The van der Waals surface area contributed by atoms with Crippen LogP contribution in [0.1, 0.15) is 33.6 Å². The summed E-state index contributed by atoms with van der Waals surface area (Å²) in [4.78, 5) is 0. The Hall–Kier alpha value is -0.200. The van der Waals surface area contributed by atoms with Gasteiger partial charge in [0, 0.05) is 0 Å². The minimum Gasteiger partial charge on any atom is -0.387 e. The zero-order valence-electron chi connectivity index (χ0n) is 8.94. The fraction of sp³-hybridized carbons (Fsp3) is 1.00. The lowest BCUT2D eigenvalue weighted by Gasteiger charge is -2.37. The first-order valence-electron chi connectivity index (χ1n) is 4.78. The average Bonchev–Trinajstić information content (AvgIpc) is 2.15. The number of aliphatic hydroxyl groups excluding tert-OH is 2. The standard InChI is InChI=1S/C9H21NO4/c1-4-8(3,13)6(11)7(12)9(10,14)5-2/h6-7,11-14H,4-5,10H2,1-3H3. The van der Waals surface area contributed by atoms with Crippen LogP contribution in [0.3, 0.4) is 0 Å². The Bertz CT molecular complexity index is 162.